The van der Waals surface area contributed by atoms with Crippen molar-refractivity contribution in [2.24, 2.45) is 0 Å². The SMILES string of the molecule is CC[C@@]1(C)NC(=O)N(CC(=O)OCC(=O)N[C@H](C)c2cccc(Cl)c2)C1=O. The highest BCUT2D eigenvalue weighted by molar-refractivity contribution is 6.30. The number of nitrogens with zero attached hydrogens (tertiary/aromatic N) is 1. The Morgan fingerprint density at radius 3 is 2.67 bits per heavy atom. The number of benzene rings is 1. The Morgan fingerprint density at radius 2 is 2.07 bits per heavy atom. The minimum atomic E-state index is -1.03. The quantitative estimate of drug-likeness (QED) is 0.541. The van der Waals surface area contributed by atoms with Crippen molar-refractivity contribution in [3.05, 3.63) is 34.9 Å². The summed E-state index contributed by atoms with van der Waals surface area (Å²) in [6.45, 7) is 4.05. The molecule has 0 spiro atoms. The van der Waals surface area contributed by atoms with Crippen LogP contribution in [0.2, 0.25) is 5.02 Å². The van der Waals surface area contributed by atoms with E-state index in [-0.39, 0.29) is 6.04 Å². The van der Waals surface area contributed by atoms with Crippen molar-refractivity contribution in [2.45, 2.75) is 38.8 Å². The van der Waals surface area contributed by atoms with Crippen molar-refractivity contribution < 1.29 is 23.9 Å². The zero-order valence-corrected chi connectivity index (χ0v) is 16.1. The fraction of sp³-hybridized carbons (Fsp3) is 0.444. The summed E-state index contributed by atoms with van der Waals surface area (Å²) in [6, 6.07) is 6.04. The van der Waals surface area contributed by atoms with E-state index in [1.807, 2.05) is 6.07 Å². The molecule has 2 atom stereocenters. The van der Waals surface area contributed by atoms with E-state index in [9.17, 15) is 19.2 Å². The lowest BCUT2D eigenvalue weighted by Gasteiger charge is -2.19. The number of rotatable bonds is 7. The molecule has 0 unspecified atom stereocenters. The van der Waals surface area contributed by atoms with Crippen molar-refractivity contribution >= 4 is 35.4 Å². The van der Waals surface area contributed by atoms with Gasteiger partial charge in [-0.15, -0.1) is 0 Å². The van der Waals surface area contributed by atoms with Gasteiger partial charge >= 0.3 is 12.0 Å². The lowest BCUT2D eigenvalue weighted by Crippen LogP contribution is -2.43. The third-order valence-corrected chi connectivity index (χ3v) is 4.66. The maximum atomic E-state index is 12.2. The van der Waals surface area contributed by atoms with Crippen LogP contribution in [-0.2, 0) is 19.1 Å². The largest absolute Gasteiger partial charge is 0.454 e. The Morgan fingerprint density at radius 1 is 1.37 bits per heavy atom. The number of hydrogen-bond donors (Lipinski definition) is 2. The predicted molar refractivity (Wildman–Crippen MR) is 97.9 cm³/mol. The Labute approximate surface area is 162 Å². The van der Waals surface area contributed by atoms with Gasteiger partial charge in [0.25, 0.3) is 11.8 Å². The number of ether oxygens (including phenoxy) is 1. The van der Waals surface area contributed by atoms with Crippen LogP contribution in [0, 0.1) is 0 Å². The van der Waals surface area contributed by atoms with E-state index >= 15 is 0 Å². The summed E-state index contributed by atoms with van der Waals surface area (Å²) in [5.41, 5.74) is -0.221. The first-order valence-corrected chi connectivity index (χ1v) is 8.88. The Hall–Kier alpha value is -2.61. The van der Waals surface area contributed by atoms with Gasteiger partial charge in [-0.2, -0.15) is 0 Å². The zero-order chi connectivity index (χ0) is 20.2. The Balaban J connectivity index is 1.82. The van der Waals surface area contributed by atoms with E-state index in [2.05, 4.69) is 10.6 Å². The monoisotopic (exact) mass is 395 g/mol. The van der Waals surface area contributed by atoms with Crippen LogP contribution in [0.3, 0.4) is 0 Å². The van der Waals surface area contributed by atoms with Gasteiger partial charge in [0.05, 0.1) is 6.04 Å². The summed E-state index contributed by atoms with van der Waals surface area (Å²) < 4.78 is 4.87. The summed E-state index contributed by atoms with van der Waals surface area (Å²) in [6.07, 6.45) is 0.396. The molecular formula is C18H22ClN3O5. The summed E-state index contributed by atoms with van der Waals surface area (Å²) in [4.78, 5) is 48.7. The molecule has 1 heterocycles. The van der Waals surface area contributed by atoms with Crippen LogP contribution in [0.25, 0.3) is 0 Å². The van der Waals surface area contributed by atoms with Crippen LogP contribution < -0.4 is 10.6 Å². The van der Waals surface area contributed by atoms with E-state index in [4.69, 9.17) is 16.3 Å². The number of hydrogen-bond acceptors (Lipinski definition) is 5. The first-order chi connectivity index (χ1) is 12.7. The van der Waals surface area contributed by atoms with E-state index < -0.39 is 42.5 Å². The maximum absolute atomic E-state index is 12.2. The number of esters is 1. The van der Waals surface area contributed by atoms with E-state index in [1.165, 1.54) is 0 Å². The molecule has 1 saturated heterocycles. The second kappa shape index (κ2) is 8.39. The standard InChI is InChI=1S/C18H22ClN3O5/c1-4-18(3)16(25)22(17(26)21-18)9-15(24)27-10-14(23)20-11(2)12-6-5-7-13(19)8-12/h5-8,11H,4,9-10H2,1-3H3,(H,20,23)(H,21,26)/t11-,18-/m1/s1. The summed E-state index contributed by atoms with van der Waals surface area (Å²) >= 11 is 5.92. The highest BCUT2D eigenvalue weighted by Gasteiger charge is 2.47. The first-order valence-electron chi connectivity index (χ1n) is 8.51. The number of carbonyl (C=O) groups excluding carboxylic acids is 4. The Bertz CT molecular complexity index is 769. The molecule has 0 aliphatic carbocycles. The molecule has 2 rings (SSSR count). The first kappa shape index (κ1) is 20.7. The average molecular weight is 396 g/mol. The molecule has 146 valence electrons. The summed E-state index contributed by atoms with van der Waals surface area (Å²) in [5, 5.41) is 5.76. The van der Waals surface area contributed by atoms with Crippen molar-refractivity contribution in [1.29, 1.82) is 0 Å². The minimum absolute atomic E-state index is 0.328. The zero-order valence-electron chi connectivity index (χ0n) is 15.4. The molecular weight excluding hydrogens is 374 g/mol. The lowest BCUT2D eigenvalue weighted by molar-refractivity contribution is -0.151. The van der Waals surface area contributed by atoms with Crippen LogP contribution in [0.1, 0.15) is 38.8 Å². The van der Waals surface area contributed by atoms with Crippen LogP contribution >= 0.6 is 11.6 Å². The molecule has 9 heteroatoms. The van der Waals surface area contributed by atoms with Crippen LogP contribution in [-0.4, -0.2) is 47.4 Å². The number of amides is 4. The summed E-state index contributed by atoms with van der Waals surface area (Å²) in [7, 11) is 0. The van der Waals surface area contributed by atoms with Gasteiger partial charge in [-0.05, 0) is 38.0 Å². The van der Waals surface area contributed by atoms with Crippen molar-refractivity contribution in [3.8, 4) is 0 Å². The molecule has 1 aliphatic heterocycles. The van der Waals surface area contributed by atoms with E-state index in [0.717, 1.165) is 10.5 Å². The maximum Gasteiger partial charge on any atom is 0.326 e. The molecule has 1 aromatic rings. The predicted octanol–water partition coefficient (Wildman–Crippen LogP) is 1.78. The molecule has 1 aliphatic rings. The minimum Gasteiger partial charge on any atom is -0.454 e. The third-order valence-electron chi connectivity index (χ3n) is 4.43. The fourth-order valence-corrected chi connectivity index (χ4v) is 2.79. The average Bonchev–Trinajstić information content (AvgIpc) is 2.83. The van der Waals surface area contributed by atoms with Crippen molar-refractivity contribution in [2.75, 3.05) is 13.2 Å². The molecule has 0 radical (unpaired) electrons. The molecule has 27 heavy (non-hydrogen) atoms. The third kappa shape index (κ3) is 4.97. The van der Waals surface area contributed by atoms with Gasteiger partial charge in [0, 0.05) is 5.02 Å². The normalized spacial score (nSPS) is 20.2. The smallest absolute Gasteiger partial charge is 0.326 e. The van der Waals surface area contributed by atoms with Crippen molar-refractivity contribution in [1.82, 2.24) is 15.5 Å². The lowest BCUT2D eigenvalue weighted by atomic mass is 9.99. The van der Waals surface area contributed by atoms with Crippen LogP contribution in [0.5, 0.6) is 0 Å². The number of imide groups is 1. The molecule has 2 N–H and O–H groups in total. The van der Waals surface area contributed by atoms with E-state index in [0.29, 0.717) is 11.4 Å². The van der Waals surface area contributed by atoms with Gasteiger partial charge in [0.1, 0.15) is 12.1 Å². The number of halogens is 1. The molecule has 1 fully saturated rings. The molecule has 1 aromatic carbocycles. The van der Waals surface area contributed by atoms with Gasteiger partial charge < -0.3 is 15.4 Å². The number of urea groups is 1. The van der Waals surface area contributed by atoms with Crippen molar-refractivity contribution in [3.63, 3.8) is 0 Å². The van der Waals surface area contributed by atoms with Gasteiger partial charge in [-0.1, -0.05) is 30.7 Å². The van der Waals surface area contributed by atoms with Crippen LogP contribution in [0.4, 0.5) is 4.79 Å². The van der Waals surface area contributed by atoms with Crippen LogP contribution in [0.15, 0.2) is 24.3 Å². The second-order valence-electron chi connectivity index (χ2n) is 6.51. The van der Waals surface area contributed by atoms with Gasteiger partial charge in [0.15, 0.2) is 6.61 Å². The Kier molecular flexibility index (Phi) is 6.43. The summed E-state index contributed by atoms with van der Waals surface area (Å²) in [5.74, 6) is -1.85. The highest BCUT2D eigenvalue weighted by Crippen LogP contribution is 2.20. The second-order valence-corrected chi connectivity index (χ2v) is 6.95. The van der Waals surface area contributed by atoms with Gasteiger partial charge in [-0.3, -0.25) is 19.3 Å². The topological polar surface area (TPSA) is 105 Å². The van der Waals surface area contributed by atoms with Gasteiger partial charge in [-0.25, -0.2) is 4.79 Å². The molecule has 0 aromatic heterocycles. The molecule has 0 bridgehead atoms. The molecule has 4 amide bonds. The molecule has 0 saturated carbocycles. The number of carbonyl (C=O) groups is 4. The molecule has 8 nitrogen and oxygen atoms in total. The van der Waals surface area contributed by atoms with Gasteiger partial charge in [0.2, 0.25) is 0 Å². The highest BCUT2D eigenvalue weighted by atomic mass is 35.5. The fourth-order valence-electron chi connectivity index (χ4n) is 2.59. The number of nitrogens with one attached hydrogen (secondary N) is 2. The van der Waals surface area contributed by atoms with E-state index in [1.54, 1.807) is 39.0 Å².